The van der Waals surface area contributed by atoms with E-state index in [4.69, 9.17) is 15.3 Å². The van der Waals surface area contributed by atoms with E-state index < -0.39 is 5.97 Å². The summed E-state index contributed by atoms with van der Waals surface area (Å²) in [6.45, 7) is 17.3. The van der Waals surface area contributed by atoms with E-state index in [0.29, 0.717) is 13.2 Å². The molecule has 0 saturated carbocycles. The zero-order chi connectivity index (χ0) is 14.7. The predicted molar refractivity (Wildman–Crippen MR) is 69.9 cm³/mol. The lowest BCUT2D eigenvalue weighted by molar-refractivity contribution is -0.132. The van der Waals surface area contributed by atoms with Crippen LogP contribution in [0.1, 0.15) is 6.92 Å². The van der Waals surface area contributed by atoms with Crippen molar-refractivity contribution >= 4 is 5.97 Å². The van der Waals surface area contributed by atoms with Crippen LogP contribution in [0.15, 0.2) is 38.5 Å². The zero-order valence-electron chi connectivity index (χ0n) is 10.5. The van der Waals surface area contributed by atoms with Crippen molar-refractivity contribution in [2.75, 3.05) is 26.4 Å². The quantitative estimate of drug-likeness (QED) is 0.387. The molecule has 102 valence electrons. The molecule has 0 aliphatic carbocycles. The molecule has 0 saturated heterocycles. The number of carboxylic acid groups (broad SMARTS) is 1. The van der Waals surface area contributed by atoms with Crippen LogP contribution in [0.3, 0.4) is 0 Å². The van der Waals surface area contributed by atoms with Crippen molar-refractivity contribution in [3.8, 4) is 0 Å². The third-order valence-corrected chi connectivity index (χ3v) is 0.836. The molecule has 0 atom stereocenters. The highest BCUT2D eigenvalue weighted by atomic mass is 16.5. The molecular weight excluding hydrogens is 224 g/mol. The Morgan fingerprint density at radius 2 is 1.29 bits per heavy atom. The highest BCUT2D eigenvalue weighted by Crippen LogP contribution is 1.81. The average molecular weight is 248 g/mol. The Morgan fingerprint density at radius 1 is 1.06 bits per heavy atom. The van der Waals surface area contributed by atoms with Gasteiger partial charge in [-0.05, 0) is 6.92 Å². The summed E-state index contributed by atoms with van der Waals surface area (Å²) in [5.74, 6) is -0.935. The van der Waals surface area contributed by atoms with E-state index >= 15 is 0 Å². The van der Waals surface area contributed by atoms with Crippen LogP contribution >= 0.6 is 0 Å². The first-order valence-electron chi connectivity index (χ1n) is 4.74. The Labute approximate surface area is 103 Å². The van der Waals surface area contributed by atoms with Crippen LogP contribution in [-0.4, -0.2) is 47.7 Å². The normalized spacial score (nSPS) is 7.00. The second-order valence-corrected chi connectivity index (χ2v) is 2.15. The van der Waals surface area contributed by atoms with Crippen LogP contribution in [0.2, 0.25) is 0 Å². The maximum absolute atomic E-state index is 9.60. The number of aliphatic hydroxyl groups is 2. The van der Waals surface area contributed by atoms with Crippen molar-refractivity contribution in [3.05, 3.63) is 38.5 Å². The Balaban J connectivity index is -0.0000000772. The first-order valence-corrected chi connectivity index (χ1v) is 4.74. The van der Waals surface area contributed by atoms with Crippen molar-refractivity contribution in [3.63, 3.8) is 0 Å². The van der Waals surface area contributed by atoms with Gasteiger partial charge in [0.2, 0.25) is 0 Å². The highest BCUT2D eigenvalue weighted by Gasteiger charge is 1.90. The smallest absolute Gasteiger partial charge is 0.330 e. The second-order valence-electron chi connectivity index (χ2n) is 2.15. The fraction of sp³-hybridized carbons (Fsp3) is 0.417. The van der Waals surface area contributed by atoms with E-state index in [0.717, 1.165) is 0 Å². The summed E-state index contributed by atoms with van der Waals surface area (Å²) < 4.78 is 4.63. The predicted octanol–water partition coefficient (Wildman–Crippen LogP) is 1.24. The number of hydrogen-bond acceptors (Lipinski definition) is 4. The van der Waals surface area contributed by atoms with Gasteiger partial charge < -0.3 is 20.1 Å². The molecule has 0 aliphatic rings. The molecule has 5 heteroatoms. The molecule has 0 unspecified atom stereocenters. The van der Waals surface area contributed by atoms with E-state index in [1.165, 1.54) is 6.92 Å². The molecule has 0 aromatic carbocycles. The van der Waals surface area contributed by atoms with Gasteiger partial charge in [-0.1, -0.05) is 6.58 Å². The van der Waals surface area contributed by atoms with Gasteiger partial charge in [0.15, 0.2) is 0 Å². The van der Waals surface area contributed by atoms with Gasteiger partial charge in [0.05, 0.1) is 26.4 Å². The van der Waals surface area contributed by atoms with Crippen molar-refractivity contribution in [2.24, 2.45) is 0 Å². The third-order valence-electron chi connectivity index (χ3n) is 0.836. The molecule has 0 bridgehead atoms. The topological polar surface area (TPSA) is 87.0 Å². The molecule has 17 heavy (non-hydrogen) atoms. The first kappa shape index (κ1) is 24.7. The summed E-state index contributed by atoms with van der Waals surface area (Å²) in [6.07, 6.45) is 0. The van der Waals surface area contributed by atoms with Crippen LogP contribution in [0, 0.1) is 0 Å². The highest BCUT2D eigenvalue weighted by molar-refractivity contribution is 5.84. The van der Waals surface area contributed by atoms with Gasteiger partial charge in [-0.15, -0.1) is 26.3 Å². The molecule has 0 aromatic heterocycles. The maximum atomic E-state index is 9.60. The summed E-state index contributed by atoms with van der Waals surface area (Å²) in [4.78, 5) is 9.60. The van der Waals surface area contributed by atoms with E-state index in [1.54, 1.807) is 0 Å². The van der Waals surface area contributed by atoms with Crippen molar-refractivity contribution < 1.29 is 24.9 Å². The molecule has 0 spiro atoms. The number of rotatable bonds is 5. The van der Waals surface area contributed by atoms with Gasteiger partial charge >= 0.3 is 5.97 Å². The minimum atomic E-state index is -0.935. The van der Waals surface area contributed by atoms with Crippen molar-refractivity contribution in [1.29, 1.82) is 0 Å². The minimum absolute atomic E-state index is 0.0278. The number of carbonyl (C=O) groups is 1. The second kappa shape index (κ2) is 29.3. The fourth-order valence-corrected chi connectivity index (χ4v) is 0.231. The van der Waals surface area contributed by atoms with Gasteiger partial charge in [0.1, 0.15) is 0 Å². The maximum Gasteiger partial charge on any atom is 0.330 e. The lowest BCUT2D eigenvalue weighted by Crippen LogP contribution is -2.03. The lowest BCUT2D eigenvalue weighted by atomic mass is 10.4. The van der Waals surface area contributed by atoms with Gasteiger partial charge in [0.25, 0.3) is 0 Å². The fourth-order valence-electron chi connectivity index (χ4n) is 0.231. The zero-order valence-corrected chi connectivity index (χ0v) is 10.5. The molecule has 0 radical (unpaired) electrons. The van der Waals surface area contributed by atoms with Crippen molar-refractivity contribution in [1.82, 2.24) is 0 Å². The van der Waals surface area contributed by atoms with Crippen LogP contribution < -0.4 is 0 Å². The number of aliphatic carboxylic acids is 1. The Kier molecular flexibility index (Phi) is 42.5. The summed E-state index contributed by atoms with van der Waals surface area (Å²) >= 11 is 0. The monoisotopic (exact) mass is 248 g/mol. The molecule has 3 N–H and O–H groups in total. The lowest BCUT2D eigenvalue weighted by Gasteiger charge is -1.94. The molecule has 0 rings (SSSR count). The number of aliphatic hydroxyl groups excluding tert-OH is 2. The summed E-state index contributed by atoms with van der Waals surface area (Å²) in [5.41, 5.74) is 0.176. The third kappa shape index (κ3) is 53.3. The molecule has 0 amide bonds. The Morgan fingerprint density at radius 3 is 1.41 bits per heavy atom. The van der Waals surface area contributed by atoms with E-state index in [2.05, 4.69) is 37.6 Å². The van der Waals surface area contributed by atoms with E-state index in [9.17, 15) is 4.79 Å². The molecule has 0 heterocycles. The van der Waals surface area contributed by atoms with Gasteiger partial charge in [-0.2, -0.15) is 0 Å². The molecular formula is C12H24O5. The number of carboxylic acids is 1. The van der Waals surface area contributed by atoms with Crippen molar-refractivity contribution in [2.45, 2.75) is 6.92 Å². The van der Waals surface area contributed by atoms with Gasteiger partial charge in [0, 0.05) is 5.57 Å². The largest absolute Gasteiger partial charge is 0.478 e. The van der Waals surface area contributed by atoms with Crippen LogP contribution in [-0.2, 0) is 9.53 Å². The molecule has 5 nitrogen and oxygen atoms in total. The van der Waals surface area contributed by atoms with Crippen LogP contribution in [0.25, 0.3) is 0 Å². The molecule has 0 aliphatic heterocycles. The molecule has 0 fully saturated rings. The summed E-state index contributed by atoms with van der Waals surface area (Å²) in [6, 6.07) is 0. The number of hydrogen-bond donors (Lipinski definition) is 3. The van der Waals surface area contributed by atoms with Gasteiger partial charge in [-0.3, -0.25) is 0 Å². The molecule has 0 aromatic rings. The Bertz CT molecular complexity index is 150. The minimum Gasteiger partial charge on any atom is -0.478 e. The van der Waals surface area contributed by atoms with E-state index in [-0.39, 0.29) is 18.8 Å². The number of ether oxygens (including phenoxy) is 1. The summed E-state index contributed by atoms with van der Waals surface area (Å²) in [7, 11) is 0. The standard InChI is InChI=1S/C4H10O3.C4H6O2.2C2H4/c5-1-3-7-4-2-6;1-3(2)4(5)6;2*1-2/h5-6H,1-4H2;1H2,2H3,(H,5,6);2*1-2H2. The van der Waals surface area contributed by atoms with Gasteiger partial charge in [-0.25, -0.2) is 4.79 Å². The SMILES string of the molecule is C=C.C=C.C=C(C)C(=O)O.OCCOCCO. The average Bonchev–Trinajstić information content (AvgIpc) is 2.35. The van der Waals surface area contributed by atoms with E-state index in [1.807, 2.05) is 0 Å². The van der Waals surface area contributed by atoms with Crippen LogP contribution in [0.5, 0.6) is 0 Å². The Hall–Kier alpha value is -1.43. The van der Waals surface area contributed by atoms with Crippen LogP contribution in [0.4, 0.5) is 0 Å². The first-order chi connectivity index (χ1) is 8.06. The summed E-state index contributed by atoms with van der Waals surface area (Å²) in [5, 5.41) is 24.1.